The Morgan fingerprint density at radius 2 is 1.81 bits per heavy atom. The fourth-order valence-corrected chi connectivity index (χ4v) is 4.54. The second-order valence-corrected chi connectivity index (χ2v) is 8.10. The van der Waals surface area contributed by atoms with Gasteiger partial charge in [0.2, 0.25) is 0 Å². The average Bonchev–Trinajstić information content (AvgIpc) is 3.09. The van der Waals surface area contributed by atoms with Gasteiger partial charge in [-0.3, -0.25) is 14.9 Å². The number of hydrogen-bond acceptors (Lipinski definition) is 2. The zero-order chi connectivity index (χ0) is 18.4. The lowest BCUT2D eigenvalue weighted by Crippen LogP contribution is -2.20. The summed E-state index contributed by atoms with van der Waals surface area (Å²) in [6.45, 7) is 0.795. The van der Waals surface area contributed by atoms with E-state index in [-0.39, 0.29) is 11.8 Å². The van der Waals surface area contributed by atoms with Gasteiger partial charge in [-0.05, 0) is 40.0 Å². The number of rotatable bonds is 4. The number of benzene rings is 2. The van der Waals surface area contributed by atoms with Gasteiger partial charge in [-0.2, -0.15) is 0 Å². The number of alkyl halides is 1. The molecular weight excluding hydrogens is 483 g/mol. The first-order valence-electron chi connectivity index (χ1n) is 8.04. The number of nitrogens with zero attached hydrogens (tertiary/aromatic N) is 1. The summed E-state index contributed by atoms with van der Waals surface area (Å²) in [6.07, 6.45) is 2.90. The van der Waals surface area contributed by atoms with Crippen molar-refractivity contribution in [3.63, 3.8) is 0 Å². The van der Waals surface area contributed by atoms with Crippen LogP contribution < -0.4 is 5.32 Å². The molecule has 26 heavy (non-hydrogen) atoms. The first-order chi connectivity index (χ1) is 12.5. The minimum atomic E-state index is -0.387. The smallest absolute Gasteiger partial charge is 0.259 e. The van der Waals surface area contributed by atoms with Crippen molar-refractivity contribution in [3.8, 4) is 11.1 Å². The lowest BCUT2D eigenvalue weighted by Gasteiger charge is -2.12. The highest BCUT2D eigenvalue weighted by Crippen LogP contribution is 2.41. The summed E-state index contributed by atoms with van der Waals surface area (Å²) in [5.74, 6) is -0.759. The van der Waals surface area contributed by atoms with E-state index in [0.717, 1.165) is 39.2 Å². The summed E-state index contributed by atoms with van der Waals surface area (Å²) in [5.41, 5.74) is 3.10. The summed E-state index contributed by atoms with van der Waals surface area (Å²) in [6, 6.07) is 9.30. The molecule has 2 amide bonds. The van der Waals surface area contributed by atoms with Crippen LogP contribution in [-0.2, 0) is 6.54 Å². The summed E-state index contributed by atoms with van der Waals surface area (Å²) in [4.78, 5) is 25.0. The van der Waals surface area contributed by atoms with E-state index in [0.29, 0.717) is 21.7 Å². The number of aromatic nitrogens is 1. The van der Waals surface area contributed by atoms with Crippen LogP contribution in [0.15, 0.2) is 41.0 Å². The minimum Gasteiger partial charge on any atom is -0.346 e. The van der Waals surface area contributed by atoms with Gasteiger partial charge in [0, 0.05) is 38.5 Å². The standard InChI is InChI=1S/C19H13Br2ClN2O2/c20-6-3-7-24-9-12(21)16-14(24)8-11(10-4-1-2-5-13(10)22)15-17(16)19(26)23-18(15)25/h1-2,4-5,8-9H,3,6-7H2,(H,23,25,26). The van der Waals surface area contributed by atoms with Gasteiger partial charge in [-0.15, -0.1) is 0 Å². The monoisotopic (exact) mass is 494 g/mol. The van der Waals surface area contributed by atoms with E-state index in [1.165, 1.54) is 0 Å². The van der Waals surface area contributed by atoms with Gasteiger partial charge in [0.05, 0.1) is 16.6 Å². The van der Waals surface area contributed by atoms with E-state index in [1.54, 1.807) is 6.07 Å². The van der Waals surface area contributed by atoms with E-state index in [4.69, 9.17) is 11.6 Å². The minimum absolute atomic E-state index is 0.372. The fourth-order valence-electron chi connectivity index (χ4n) is 3.41. The zero-order valence-electron chi connectivity index (χ0n) is 13.5. The lowest BCUT2D eigenvalue weighted by molar-refractivity contribution is 0.0880. The summed E-state index contributed by atoms with van der Waals surface area (Å²) in [5, 5.41) is 4.60. The van der Waals surface area contributed by atoms with E-state index in [9.17, 15) is 9.59 Å². The van der Waals surface area contributed by atoms with E-state index < -0.39 is 0 Å². The molecule has 1 aliphatic rings. The van der Waals surface area contributed by atoms with Gasteiger partial charge in [0.1, 0.15) is 0 Å². The molecule has 0 aliphatic carbocycles. The second kappa shape index (κ2) is 6.83. The molecule has 1 N–H and O–H groups in total. The Hall–Kier alpha value is -1.63. The molecular formula is C19H13Br2ClN2O2. The molecule has 132 valence electrons. The summed E-state index contributed by atoms with van der Waals surface area (Å²) in [7, 11) is 0. The third-order valence-corrected chi connectivity index (χ3v) is 5.99. The van der Waals surface area contributed by atoms with E-state index in [2.05, 4.69) is 41.7 Å². The third-order valence-electron chi connectivity index (χ3n) is 4.50. The molecule has 4 nitrogen and oxygen atoms in total. The number of fused-ring (bicyclic) bond motifs is 3. The Morgan fingerprint density at radius 1 is 1.08 bits per heavy atom. The van der Waals surface area contributed by atoms with Crippen molar-refractivity contribution in [1.82, 2.24) is 9.88 Å². The lowest BCUT2D eigenvalue weighted by atomic mass is 9.94. The molecule has 0 radical (unpaired) electrons. The maximum atomic E-state index is 12.5. The van der Waals surface area contributed by atoms with Crippen LogP contribution in [0.5, 0.6) is 0 Å². The zero-order valence-corrected chi connectivity index (χ0v) is 17.4. The number of nitrogens with one attached hydrogen (secondary N) is 1. The molecule has 0 saturated carbocycles. The average molecular weight is 497 g/mol. The molecule has 7 heteroatoms. The predicted octanol–water partition coefficient (Wildman–Crippen LogP) is 5.39. The normalized spacial score (nSPS) is 13.3. The molecule has 4 rings (SSSR count). The molecule has 2 aromatic carbocycles. The summed E-state index contributed by atoms with van der Waals surface area (Å²) < 4.78 is 2.89. The van der Waals surface area contributed by atoms with Crippen molar-refractivity contribution < 1.29 is 9.59 Å². The number of hydrogen-bond donors (Lipinski definition) is 1. The van der Waals surface area contributed by atoms with Crippen LogP contribution in [0.1, 0.15) is 27.1 Å². The van der Waals surface area contributed by atoms with Crippen LogP contribution in [0.2, 0.25) is 5.02 Å². The van der Waals surface area contributed by atoms with Gasteiger partial charge in [-0.25, -0.2) is 0 Å². The highest BCUT2D eigenvalue weighted by atomic mass is 79.9. The van der Waals surface area contributed by atoms with Crippen LogP contribution >= 0.6 is 43.5 Å². The van der Waals surface area contributed by atoms with Crippen molar-refractivity contribution >= 4 is 66.2 Å². The van der Waals surface area contributed by atoms with Gasteiger partial charge >= 0.3 is 0 Å². The molecule has 0 atom stereocenters. The Kier molecular flexibility index (Phi) is 4.67. The van der Waals surface area contributed by atoms with Crippen LogP contribution in [-0.4, -0.2) is 21.7 Å². The SMILES string of the molecule is O=C1NC(=O)c2c1c(-c1ccccc1Cl)cc1c2c(Br)cn1CCCBr. The number of halogens is 3. The van der Waals surface area contributed by atoms with E-state index >= 15 is 0 Å². The number of amides is 2. The third kappa shape index (κ3) is 2.71. The maximum Gasteiger partial charge on any atom is 0.259 e. The van der Waals surface area contributed by atoms with Crippen LogP contribution in [0.4, 0.5) is 0 Å². The van der Waals surface area contributed by atoms with Gasteiger partial charge in [0.25, 0.3) is 11.8 Å². The molecule has 3 aromatic rings. The number of imide groups is 1. The number of carbonyl (C=O) groups excluding carboxylic acids is 2. The molecule has 0 saturated heterocycles. The predicted molar refractivity (Wildman–Crippen MR) is 110 cm³/mol. The highest BCUT2D eigenvalue weighted by Gasteiger charge is 2.34. The Balaban J connectivity index is 2.10. The van der Waals surface area contributed by atoms with Crippen molar-refractivity contribution in [1.29, 1.82) is 0 Å². The first-order valence-corrected chi connectivity index (χ1v) is 10.3. The Bertz CT molecular complexity index is 1080. The topological polar surface area (TPSA) is 51.1 Å². The van der Waals surface area contributed by atoms with Crippen molar-refractivity contribution in [3.05, 3.63) is 57.2 Å². The molecule has 1 aromatic heterocycles. The molecule has 0 unspecified atom stereocenters. The maximum absolute atomic E-state index is 12.5. The Labute approximate surface area is 171 Å². The molecule has 0 bridgehead atoms. The van der Waals surface area contributed by atoms with Crippen molar-refractivity contribution in [2.24, 2.45) is 0 Å². The van der Waals surface area contributed by atoms with Crippen LogP contribution in [0.3, 0.4) is 0 Å². The van der Waals surface area contributed by atoms with Gasteiger partial charge in [0.15, 0.2) is 0 Å². The number of carbonyl (C=O) groups is 2. The molecule has 2 heterocycles. The first kappa shape index (κ1) is 17.8. The molecule has 0 fully saturated rings. The number of aryl methyl sites for hydroxylation is 1. The largest absolute Gasteiger partial charge is 0.346 e. The highest BCUT2D eigenvalue weighted by molar-refractivity contribution is 9.10. The van der Waals surface area contributed by atoms with Crippen molar-refractivity contribution in [2.75, 3.05) is 5.33 Å². The fraction of sp³-hybridized carbons (Fsp3) is 0.158. The van der Waals surface area contributed by atoms with Crippen LogP contribution in [0, 0.1) is 0 Å². The van der Waals surface area contributed by atoms with E-state index in [1.807, 2.05) is 30.5 Å². The molecule has 1 aliphatic heterocycles. The Morgan fingerprint density at radius 3 is 2.54 bits per heavy atom. The van der Waals surface area contributed by atoms with Gasteiger partial charge in [-0.1, -0.05) is 45.7 Å². The quantitative estimate of drug-likeness (QED) is 0.389. The van der Waals surface area contributed by atoms with Crippen LogP contribution in [0.25, 0.3) is 22.0 Å². The summed E-state index contributed by atoms with van der Waals surface area (Å²) >= 11 is 13.4. The van der Waals surface area contributed by atoms with Gasteiger partial charge < -0.3 is 4.57 Å². The van der Waals surface area contributed by atoms with Crippen molar-refractivity contribution in [2.45, 2.75) is 13.0 Å². The second-order valence-electron chi connectivity index (χ2n) is 6.04. The molecule has 0 spiro atoms.